The quantitative estimate of drug-likeness (QED) is 0.905. The number of amides is 1. The van der Waals surface area contributed by atoms with E-state index in [1.165, 1.54) is 30.3 Å². The van der Waals surface area contributed by atoms with E-state index >= 15 is 0 Å². The molecule has 7 heteroatoms. The van der Waals surface area contributed by atoms with Crippen LogP contribution in [0.25, 0.3) is 0 Å². The number of carbonyl (C=O) groups excluding carboxylic acids is 1. The van der Waals surface area contributed by atoms with Crippen LogP contribution in [0.15, 0.2) is 47.4 Å². The van der Waals surface area contributed by atoms with Gasteiger partial charge in [0.25, 0.3) is 10.0 Å². The maximum Gasteiger partial charge on any atom is 0.261 e. The Labute approximate surface area is 127 Å². The Kier molecular flexibility index (Phi) is 4.20. The van der Waals surface area contributed by atoms with Crippen LogP contribution >= 0.6 is 11.6 Å². The van der Waals surface area contributed by atoms with Crippen molar-refractivity contribution in [2.24, 2.45) is 5.73 Å². The van der Waals surface area contributed by atoms with Crippen LogP contribution in [-0.4, -0.2) is 14.3 Å². The summed E-state index contributed by atoms with van der Waals surface area (Å²) in [6.07, 6.45) is 0. The Hall–Kier alpha value is -2.05. The minimum Gasteiger partial charge on any atom is -0.366 e. The maximum absolute atomic E-state index is 12.2. The highest BCUT2D eigenvalue weighted by Crippen LogP contribution is 2.22. The molecule has 0 aliphatic rings. The minimum absolute atomic E-state index is 0.0317. The molecule has 1 amide bonds. The van der Waals surface area contributed by atoms with Crippen LogP contribution in [0.2, 0.25) is 5.02 Å². The van der Waals surface area contributed by atoms with E-state index in [2.05, 4.69) is 4.72 Å². The number of hydrogen-bond donors (Lipinski definition) is 2. The fourth-order valence-corrected chi connectivity index (χ4v) is 2.90. The molecule has 0 radical (unpaired) electrons. The Balaban J connectivity index is 2.29. The molecule has 3 N–H and O–H groups in total. The molecule has 0 bridgehead atoms. The molecule has 0 aliphatic heterocycles. The Morgan fingerprint density at radius 3 is 2.29 bits per heavy atom. The maximum atomic E-state index is 12.2. The third kappa shape index (κ3) is 3.53. The Morgan fingerprint density at radius 2 is 1.76 bits per heavy atom. The van der Waals surface area contributed by atoms with Gasteiger partial charge in [0, 0.05) is 10.6 Å². The number of nitrogens with one attached hydrogen (secondary N) is 1. The topological polar surface area (TPSA) is 89.3 Å². The highest BCUT2D eigenvalue weighted by atomic mass is 35.5. The lowest BCUT2D eigenvalue weighted by molar-refractivity contribution is 0.1000. The fraction of sp³-hybridized carbons (Fsp3) is 0.0714. The third-order valence-electron chi connectivity index (χ3n) is 2.87. The van der Waals surface area contributed by atoms with Gasteiger partial charge in [-0.2, -0.15) is 0 Å². The smallest absolute Gasteiger partial charge is 0.261 e. The summed E-state index contributed by atoms with van der Waals surface area (Å²) >= 11 is 5.96. The molecule has 21 heavy (non-hydrogen) atoms. The predicted molar refractivity (Wildman–Crippen MR) is 82.0 cm³/mol. The van der Waals surface area contributed by atoms with Gasteiger partial charge in [-0.25, -0.2) is 8.42 Å². The first kappa shape index (κ1) is 15.3. The average molecular weight is 325 g/mol. The van der Waals surface area contributed by atoms with E-state index in [9.17, 15) is 13.2 Å². The molecule has 0 saturated carbocycles. The normalized spacial score (nSPS) is 11.1. The zero-order valence-corrected chi connectivity index (χ0v) is 12.7. The van der Waals surface area contributed by atoms with E-state index < -0.39 is 15.9 Å². The van der Waals surface area contributed by atoms with E-state index in [0.29, 0.717) is 10.7 Å². The molecular formula is C14H13ClN2O3S. The van der Waals surface area contributed by atoms with E-state index in [0.717, 1.165) is 5.56 Å². The van der Waals surface area contributed by atoms with Crippen molar-refractivity contribution < 1.29 is 13.2 Å². The van der Waals surface area contributed by atoms with Gasteiger partial charge in [-0.15, -0.1) is 0 Å². The summed E-state index contributed by atoms with van der Waals surface area (Å²) < 4.78 is 26.8. The van der Waals surface area contributed by atoms with Crippen molar-refractivity contribution in [2.75, 3.05) is 4.72 Å². The molecule has 110 valence electrons. The van der Waals surface area contributed by atoms with Crippen molar-refractivity contribution in [3.8, 4) is 0 Å². The highest BCUT2D eigenvalue weighted by molar-refractivity contribution is 7.92. The van der Waals surface area contributed by atoms with Gasteiger partial charge < -0.3 is 5.73 Å². The minimum atomic E-state index is -3.75. The summed E-state index contributed by atoms with van der Waals surface area (Å²) in [6, 6.07) is 10.2. The third-order valence-corrected chi connectivity index (χ3v) is 4.68. The largest absolute Gasteiger partial charge is 0.366 e. The molecule has 0 fully saturated rings. The van der Waals surface area contributed by atoms with Gasteiger partial charge >= 0.3 is 0 Å². The molecule has 2 aromatic rings. The number of anilines is 1. The van der Waals surface area contributed by atoms with E-state index in [4.69, 9.17) is 17.3 Å². The van der Waals surface area contributed by atoms with Gasteiger partial charge in [-0.05, 0) is 48.9 Å². The number of carbonyl (C=O) groups is 1. The first-order valence-corrected chi connectivity index (χ1v) is 7.84. The molecule has 0 atom stereocenters. The first-order valence-electron chi connectivity index (χ1n) is 5.98. The van der Waals surface area contributed by atoms with Crippen LogP contribution in [0.5, 0.6) is 0 Å². The molecule has 0 spiro atoms. The van der Waals surface area contributed by atoms with Crippen LogP contribution < -0.4 is 10.5 Å². The second kappa shape index (κ2) is 5.75. The molecular weight excluding hydrogens is 312 g/mol. The summed E-state index contributed by atoms with van der Waals surface area (Å²) in [4.78, 5) is 11.0. The van der Waals surface area contributed by atoms with Crippen molar-refractivity contribution in [1.82, 2.24) is 0 Å². The molecule has 0 aliphatic carbocycles. The Bertz CT molecular complexity index is 786. The van der Waals surface area contributed by atoms with Gasteiger partial charge in [0.05, 0.1) is 10.6 Å². The summed E-state index contributed by atoms with van der Waals surface area (Å²) in [5.74, 6) is -0.614. The Morgan fingerprint density at radius 1 is 1.14 bits per heavy atom. The van der Waals surface area contributed by atoms with Crippen molar-refractivity contribution in [1.29, 1.82) is 0 Å². The van der Waals surface area contributed by atoms with Crippen molar-refractivity contribution in [2.45, 2.75) is 11.8 Å². The predicted octanol–water partition coefficient (Wildman–Crippen LogP) is 2.55. The van der Waals surface area contributed by atoms with Crippen LogP contribution in [0, 0.1) is 6.92 Å². The number of halogens is 1. The SMILES string of the molecule is Cc1ccc(NS(=O)(=O)c2ccc(C(N)=O)cc2)cc1Cl. The zero-order valence-electron chi connectivity index (χ0n) is 11.1. The van der Waals surface area contributed by atoms with E-state index in [-0.39, 0.29) is 10.5 Å². The molecule has 0 saturated heterocycles. The lowest BCUT2D eigenvalue weighted by Gasteiger charge is -2.09. The lowest BCUT2D eigenvalue weighted by Crippen LogP contribution is -2.14. The van der Waals surface area contributed by atoms with Crippen LogP contribution in [0.1, 0.15) is 15.9 Å². The van der Waals surface area contributed by atoms with Crippen LogP contribution in [0.4, 0.5) is 5.69 Å². The standard InChI is InChI=1S/C14H13ClN2O3S/c1-9-2-5-11(8-13(9)15)17-21(19,20)12-6-3-10(4-7-12)14(16)18/h2-8,17H,1H3,(H2,16,18). The van der Waals surface area contributed by atoms with E-state index in [1.807, 2.05) is 6.92 Å². The van der Waals surface area contributed by atoms with Gasteiger partial charge in [-0.1, -0.05) is 17.7 Å². The summed E-state index contributed by atoms with van der Waals surface area (Å²) in [7, 11) is -3.75. The number of primary amides is 1. The molecule has 2 aromatic carbocycles. The average Bonchev–Trinajstić information content (AvgIpc) is 2.43. The van der Waals surface area contributed by atoms with Gasteiger partial charge in [0.2, 0.25) is 5.91 Å². The number of rotatable bonds is 4. The van der Waals surface area contributed by atoms with Gasteiger partial charge in [0.15, 0.2) is 0 Å². The van der Waals surface area contributed by atoms with Gasteiger partial charge in [-0.3, -0.25) is 9.52 Å². The second-order valence-corrected chi connectivity index (χ2v) is 6.55. The van der Waals surface area contributed by atoms with Crippen molar-refractivity contribution in [3.63, 3.8) is 0 Å². The first-order chi connectivity index (χ1) is 9.79. The summed E-state index contributed by atoms with van der Waals surface area (Å²) in [5, 5.41) is 0.472. The molecule has 5 nitrogen and oxygen atoms in total. The molecule has 0 unspecified atom stereocenters. The van der Waals surface area contributed by atoms with E-state index in [1.54, 1.807) is 12.1 Å². The summed E-state index contributed by atoms with van der Waals surface area (Å²) in [6.45, 7) is 1.82. The molecule has 0 heterocycles. The van der Waals surface area contributed by atoms with Gasteiger partial charge in [0.1, 0.15) is 0 Å². The molecule has 2 rings (SSSR count). The number of sulfonamides is 1. The number of hydrogen-bond acceptors (Lipinski definition) is 3. The number of aryl methyl sites for hydroxylation is 1. The number of benzene rings is 2. The zero-order chi connectivity index (χ0) is 15.6. The fourth-order valence-electron chi connectivity index (χ4n) is 1.67. The second-order valence-electron chi connectivity index (χ2n) is 4.46. The van der Waals surface area contributed by atoms with Crippen LogP contribution in [-0.2, 0) is 10.0 Å². The summed E-state index contributed by atoms with van der Waals surface area (Å²) in [5.41, 5.74) is 6.57. The van der Waals surface area contributed by atoms with Crippen molar-refractivity contribution >= 4 is 33.2 Å². The number of nitrogens with two attached hydrogens (primary N) is 1. The highest BCUT2D eigenvalue weighted by Gasteiger charge is 2.15. The van der Waals surface area contributed by atoms with Crippen LogP contribution in [0.3, 0.4) is 0 Å². The monoisotopic (exact) mass is 324 g/mol. The molecule has 0 aromatic heterocycles. The van der Waals surface area contributed by atoms with Crippen molar-refractivity contribution in [3.05, 3.63) is 58.6 Å². The lowest BCUT2D eigenvalue weighted by atomic mass is 10.2.